The molecule has 39 heavy (non-hydrogen) atoms. The lowest BCUT2D eigenvalue weighted by atomic mass is 10.0. The lowest BCUT2D eigenvalue weighted by molar-refractivity contribution is -0.698. The first-order valence-electron chi connectivity index (χ1n) is 10.8. The van der Waals surface area contributed by atoms with Crippen LogP contribution >= 0.6 is 34.9 Å². The molecular formula is C20H21N9O7S3. The van der Waals surface area contributed by atoms with Gasteiger partial charge in [0.25, 0.3) is 11.8 Å². The predicted molar refractivity (Wildman–Crippen MR) is 139 cm³/mol. The molecule has 8 N–H and O–H groups in total. The van der Waals surface area contributed by atoms with E-state index in [1.54, 1.807) is 11.6 Å². The lowest BCUT2D eigenvalue weighted by Gasteiger charge is -2.50. The van der Waals surface area contributed by atoms with Crippen LogP contribution in [0.15, 0.2) is 33.0 Å². The first-order chi connectivity index (χ1) is 18.5. The van der Waals surface area contributed by atoms with Crippen LogP contribution in [0.4, 0.5) is 16.8 Å². The number of oxime groups is 1. The van der Waals surface area contributed by atoms with Crippen molar-refractivity contribution < 1.29 is 38.8 Å². The Hall–Kier alpha value is -4.10. The van der Waals surface area contributed by atoms with E-state index in [0.717, 1.165) is 16.2 Å². The second kappa shape index (κ2) is 11.3. The number of carbonyl (C=O) groups is 4. The summed E-state index contributed by atoms with van der Waals surface area (Å²) in [5.41, 5.74) is 17.0. The largest absolute Gasteiger partial charge is 0.543 e. The van der Waals surface area contributed by atoms with Crippen molar-refractivity contribution in [2.75, 3.05) is 35.3 Å². The number of nitrogens with one attached hydrogen (secondary N) is 1. The molecule has 0 aromatic carbocycles. The van der Waals surface area contributed by atoms with Crippen LogP contribution in [0.25, 0.3) is 0 Å². The van der Waals surface area contributed by atoms with Gasteiger partial charge in [0.05, 0.1) is 24.8 Å². The highest BCUT2D eigenvalue weighted by Gasteiger charge is 2.53. The maximum absolute atomic E-state index is 13.0. The Morgan fingerprint density at radius 2 is 2.10 bits per heavy atom. The number of nitrogen functional groups attached to an aromatic ring is 3. The molecule has 1 fully saturated rings. The molecule has 2 amide bonds. The number of nitrogens with two attached hydrogens (primary N) is 3. The molecule has 1 saturated heterocycles. The van der Waals surface area contributed by atoms with Gasteiger partial charge >= 0.3 is 11.1 Å². The standard InChI is InChI=1S/C20H21N9O7S3/c1-28-10(22)2-9(21)25-20(28)39-5-7-4-37-17-13(16(33)29(17)14(7)18(34)35)26-15(32)12(27-36-3-11(30)31)8-6-38-19(23)24-8/h2,6,13,17H,3-5H2,1H3,(H8,21,22,23,24,26,30,31,32,34,35)/b27-12-. The summed E-state index contributed by atoms with van der Waals surface area (Å²) in [6, 6.07) is 0.391. The molecule has 2 aliphatic heterocycles. The summed E-state index contributed by atoms with van der Waals surface area (Å²) in [7, 11) is 1.68. The number of β-lactam (4-membered cyclic amide) rings is 1. The van der Waals surface area contributed by atoms with Crippen LogP contribution in [-0.4, -0.2) is 79.0 Å². The van der Waals surface area contributed by atoms with Gasteiger partial charge in [-0.2, -0.15) is 0 Å². The molecule has 2 unspecified atom stereocenters. The third kappa shape index (κ3) is 5.83. The average molecular weight is 596 g/mol. The second-order valence-electron chi connectivity index (χ2n) is 8.01. The van der Waals surface area contributed by atoms with E-state index in [2.05, 4.69) is 20.4 Å². The van der Waals surface area contributed by atoms with E-state index in [1.165, 1.54) is 35.0 Å². The number of hydrogen-bond acceptors (Lipinski definition) is 15. The highest BCUT2D eigenvalue weighted by atomic mass is 32.2. The molecule has 206 valence electrons. The molecular weight excluding hydrogens is 574 g/mol. The monoisotopic (exact) mass is 595 g/mol. The van der Waals surface area contributed by atoms with E-state index in [-0.39, 0.29) is 33.8 Å². The number of carboxylic acid groups (broad SMARTS) is 2. The molecule has 0 saturated carbocycles. The van der Waals surface area contributed by atoms with Crippen molar-refractivity contribution in [2.45, 2.75) is 16.6 Å². The van der Waals surface area contributed by atoms with Crippen molar-refractivity contribution >= 4 is 81.1 Å². The highest BCUT2D eigenvalue weighted by Crippen LogP contribution is 2.41. The minimum Gasteiger partial charge on any atom is -0.543 e. The third-order valence-corrected chi connectivity index (χ3v) is 8.55. The first kappa shape index (κ1) is 27.9. The summed E-state index contributed by atoms with van der Waals surface area (Å²) >= 11 is 3.45. The van der Waals surface area contributed by atoms with Gasteiger partial charge in [-0.1, -0.05) is 10.1 Å². The van der Waals surface area contributed by atoms with Gasteiger partial charge in [-0.15, -0.1) is 23.1 Å². The lowest BCUT2D eigenvalue weighted by Crippen LogP contribution is -2.71. The summed E-state index contributed by atoms with van der Waals surface area (Å²) < 4.78 is 1.59. The number of amides is 2. The Bertz CT molecular complexity index is 1430. The predicted octanol–water partition coefficient (Wildman–Crippen LogP) is -2.89. The van der Waals surface area contributed by atoms with Gasteiger partial charge in [0.1, 0.15) is 17.1 Å². The SMILES string of the molecule is C[n+]1c(N)cc(N)nc1SCC1=C(C(=O)[O-])N2C(=O)C(NC(=O)/C(=N\OCC(=O)O)c3csc(N)n3)C2SC1. The number of carbonyl (C=O) groups excluding carboxylic acids is 3. The summed E-state index contributed by atoms with van der Waals surface area (Å²) in [6.45, 7) is -0.818. The summed E-state index contributed by atoms with van der Waals surface area (Å²) in [5, 5.41) is 28.1. The van der Waals surface area contributed by atoms with Crippen LogP contribution in [0.2, 0.25) is 0 Å². The summed E-state index contributed by atoms with van der Waals surface area (Å²) in [5.74, 6) is -3.47. The van der Waals surface area contributed by atoms with Crippen molar-refractivity contribution in [3.63, 3.8) is 0 Å². The van der Waals surface area contributed by atoms with Crippen LogP contribution in [0.3, 0.4) is 0 Å². The minimum atomic E-state index is -1.54. The molecule has 2 atom stereocenters. The fourth-order valence-corrected chi connectivity index (χ4v) is 6.64. The Morgan fingerprint density at radius 3 is 2.74 bits per heavy atom. The molecule has 16 nitrogen and oxygen atoms in total. The molecule has 4 heterocycles. The van der Waals surface area contributed by atoms with Crippen molar-refractivity contribution in [3.8, 4) is 0 Å². The molecule has 0 radical (unpaired) electrons. The van der Waals surface area contributed by atoms with Gasteiger partial charge in [-0.05, 0) is 17.3 Å². The van der Waals surface area contributed by atoms with Crippen LogP contribution in [-0.2, 0) is 31.1 Å². The number of aromatic nitrogens is 3. The Kier molecular flexibility index (Phi) is 8.11. The third-order valence-electron chi connectivity index (χ3n) is 5.42. The van der Waals surface area contributed by atoms with Crippen molar-refractivity contribution in [2.24, 2.45) is 12.2 Å². The fraction of sp³-hybridized carbons (Fsp3) is 0.300. The van der Waals surface area contributed by atoms with Crippen molar-refractivity contribution in [1.29, 1.82) is 0 Å². The van der Waals surface area contributed by atoms with E-state index >= 15 is 0 Å². The number of hydrogen-bond donors (Lipinski definition) is 5. The molecule has 0 bridgehead atoms. The van der Waals surface area contributed by atoms with E-state index in [9.17, 15) is 24.3 Å². The smallest absolute Gasteiger partial charge is 0.344 e. The number of carboxylic acids is 2. The van der Waals surface area contributed by atoms with Gasteiger partial charge in [-0.25, -0.2) is 14.3 Å². The number of thiazole rings is 1. The topological polar surface area (TPSA) is 256 Å². The zero-order chi connectivity index (χ0) is 28.4. The molecule has 0 spiro atoms. The number of fused-ring (bicyclic) bond motifs is 1. The number of aliphatic carboxylic acids is 2. The Balaban J connectivity index is 1.51. The zero-order valence-electron chi connectivity index (χ0n) is 20.0. The van der Waals surface area contributed by atoms with Gasteiger partial charge in [0.2, 0.25) is 18.2 Å². The Morgan fingerprint density at radius 1 is 1.36 bits per heavy atom. The number of nitrogens with zero attached hydrogens (tertiary/aromatic N) is 5. The molecule has 0 aliphatic carbocycles. The highest BCUT2D eigenvalue weighted by molar-refractivity contribution is 8.01. The molecule has 2 aliphatic rings. The Labute approximate surface area is 232 Å². The van der Waals surface area contributed by atoms with E-state index in [1.807, 2.05) is 0 Å². The van der Waals surface area contributed by atoms with Crippen LogP contribution in [0, 0.1) is 0 Å². The summed E-state index contributed by atoms with van der Waals surface area (Å²) in [4.78, 5) is 62.7. The van der Waals surface area contributed by atoms with Gasteiger partial charge in [0.15, 0.2) is 10.8 Å². The number of rotatable bonds is 10. The number of anilines is 3. The van der Waals surface area contributed by atoms with Crippen LogP contribution < -0.4 is 32.2 Å². The van der Waals surface area contributed by atoms with Gasteiger partial charge < -0.3 is 42.4 Å². The summed E-state index contributed by atoms with van der Waals surface area (Å²) in [6.07, 6.45) is 0. The van der Waals surface area contributed by atoms with Crippen LogP contribution in [0.5, 0.6) is 0 Å². The molecule has 2 aromatic rings. The molecule has 2 aromatic heterocycles. The second-order valence-corrected chi connectivity index (χ2v) is 11.0. The fourth-order valence-electron chi connectivity index (χ4n) is 3.60. The minimum absolute atomic E-state index is 0.0129. The zero-order valence-corrected chi connectivity index (χ0v) is 22.5. The van der Waals surface area contributed by atoms with Crippen molar-refractivity contribution in [1.82, 2.24) is 20.2 Å². The quantitative estimate of drug-likeness (QED) is 0.0461. The van der Waals surface area contributed by atoms with Crippen LogP contribution in [0.1, 0.15) is 5.69 Å². The van der Waals surface area contributed by atoms with E-state index in [0.29, 0.717) is 16.5 Å². The van der Waals surface area contributed by atoms with Crippen molar-refractivity contribution in [3.05, 3.63) is 28.4 Å². The van der Waals surface area contributed by atoms with Gasteiger partial charge in [-0.3, -0.25) is 14.5 Å². The maximum atomic E-state index is 13.0. The normalized spacial score (nSPS) is 18.8. The van der Waals surface area contributed by atoms with Gasteiger partial charge in [0, 0.05) is 16.9 Å². The molecule has 4 rings (SSSR count). The maximum Gasteiger partial charge on any atom is 0.344 e. The first-order valence-corrected chi connectivity index (χ1v) is 13.8. The average Bonchev–Trinajstić information content (AvgIpc) is 3.30. The number of thioether (sulfide) groups is 2. The van der Waals surface area contributed by atoms with E-state index in [4.69, 9.17) is 27.1 Å². The molecule has 19 heteroatoms. The van der Waals surface area contributed by atoms with E-state index < -0.39 is 47.5 Å².